The van der Waals surface area contributed by atoms with Crippen LogP contribution in [0.5, 0.6) is 0 Å². The highest BCUT2D eigenvalue weighted by molar-refractivity contribution is 5.96. The lowest BCUT2D eigenvalue weighted by Crippen LogP contribution is -1.94. The van der Waals surface area contributed by atoms with Crippen molar-refractivity contribution >= 4 is 22.4 Å². The van der Waals surface area contributed by atoms with Crippen molar-refractivity contribution in [3.63, 3.8) is 0 Å². The van der Waals surface area contributed by atoms with E-state index < -0.39 is 0 Å². The molecule has 3 heterocycles. The van der Waals surface area contributed by atoms with Crippen LogP contribution in [0.4, 0.5) is 10.2 Å². The maximum Gasteiger partial charge on any atom is 0.140 e. The van der Waals surface area contributed by atoms with Crippen molar-refractivity contribution in [2.45, 2.75) is 0 Å². The number of nitrogens with two attached hydrogens (primary N) is 1. The van der Waals surface area contributed by atoms with Crippen LogP contribution in [0.1, 0.15) is 0 Å². The van der Waals surface area contributed by atoms with Crippen molar-refractivity contribution in [1.29, 1.82) is 0 Å². The lowest BCUT2D eigenvalue weighted by Gasteiger charge is -1.97. The first-order valence-electron chi connectivity index (χ1n) is 6.14. The minimum atomic E-state index is -0.356. The smallest absolute Gasteiger partial charge is 0.140 e. The monoisotopic (exact) mass is 267 g/mol. The van der Waals surface area contributed by atoms with E-state index in [0.29, 0.717) is 17.2 Å². The average Bonchev–Trinajstić information content (AvgIpc) is 3.01. The summed E-state index contributed by atoms with van der Waals surface area (Å²) in [5.41, 5.74) is 8.86. The van der Waals surface area contributed by atoms with E-state index in [4.69, 9.17) is 10.2 Å². The van der Waals surface area contributed by atoms with E-state index in [1.54, 1.807) is 12.3 Å². The normalized spacial score (nSPS) is 11.4. The fourth-order valence-corrected chi connectivity index (χ4v) is 2.40. The van der Waals surface area contributed by atoms with Gasteiger partial charge in [0.25, 0.3) is 0 Å². The third-order valence-corrected chi connectivity index (χ3v) is 3.36. The second-order valence-electron chi connectivity index (χ2n) is 4.57. The largest absolute Gasteiger partial charge is 0.464 e. The third-order valence-electron chi connectivity index (χ3n) is 3.36. The van der Waals surface area contributed by atoms with E-state index in [2.05, 4.69) is 4.98 Å². The van der Waals surface area contributed by atoms with Crippen LogP contribution < -0.4 is 5.73 Å². The van der Waals surface area contributed by atoms with Gasteiger partial charge in [-0.1, -0.05) is 18.2 Å². The Labute approximate surface area is 113 Å². The third kappa shape index (κ3) is 1.43. The minimum absolute atomic E-state index is 0.356. The van der Waals surface area contributed by atoms with Crippen molar-refractivity contribution < 1.29 is 8.81 Å². The Morgan fingerprint density at radius 3 is 2.90 bits per heavy atom. The van der Waals surface area contributed by atoms with Crippen LogP contribution in [0.25, 0.3) is 27.9 Å². The Morgan fingerprint density at radius 2 is 2.00 bits per heavy atom. The topological polar surface area (TPSA) is 56.5 Å². The number of pyridine rings is 1. The van der Waals surface area contributed by atoms with Gasteiger partial charge >= 0.3 is 0 Å². The second-order valence-corrected chi connectivity index (χ2v) is 4.57. The quantitative estimate of drug-likeness (QED) is 0.574. The maximum atomic E-state index is 13.3. The first kappa shape index (κ1) is 11.0. The SMILES string of the molecule is Nc1c(-c2coc3ccccc23)nc2ccc(F)cn12. The molecule has 0 atom stereocenters. The number of anilines is 1. The summed E-state index contributed by atoms with van der Waals surface area (Å²) in [5, 5.41) is 0.933. The zero-order valence-corrected chi connectivity index (χ0v) is 10.4. The summed E-state index contributed by atoms with van der Waals surface area (Å²) in [5.74, 6) is 0.0382. The minimum Gasteiger partial charge on any atom is -0.464 e. The summed E-state index contributed by atoms with van der Waals surface area (Å²) in [6.45, 7) is 0. The number of halogens is 1. The molecule has 0 radical (unpaired) electrons. The fraction of sp³-hybridized carbons (Fsp3) is 0. The van der Waals surface area contributed by atoms with Crippen LogP contribution in [0.15, 0.2) is 53.3 Å². The molecule has 4 rings (SSSR count). The summed E-state index contributed by atoms with van der Waals surface area (Å²) in [4.78, 5) is 4.46. The molecule has 1 aromatic carbocycles. The van der Waals surface area contributed by atoms with E-state index in [1.807, 2.05) is 24.3 Å². The van der Waals surface area contributed by atoms with Gasteiger partial charge in [-0.3, -0.25) is 4.40 Å². The molecule has 4 nitrogen and oxygen atoms in total. The average molecular weight is 267 g/mol. The van der Waals surface area contributed by atoms with Gasteiger partial charge in [0, 0.05) is 11.6 Å². The Bertz CT molecular complexity index is 939. The summed E-state index contributed by atoms with van der Waals surface area (Å²) < 4.78 is 20.3. The summed E-state index contributed by atoms with van der Waals surface area (Å²) in [7, 11) is 0. The zero-order chi connectivity index (χ0) is 13.7. The number of imidazole rings is 1. The van der Waals surface area contributed by atoms with Gasteiger partial charge in [-0.15, -0.1) is 0 Å². The Morgan fingerprint density at radius 1 is 1.15 bits per heavy atom. The predicted octanol–water partition coefficient (Wildman–Crippen LogP) is 3.47. The molecule has 0 spiro atoms. The van der Waals surface area contributed by atoms with E-state index in [1.165, 1.54) is 16.7 Å². The van der Waals surface area contributed by atoms with Crippen LogP contribution in [0.2, 0.25) is 0 Å². The Balaban J connectivity index is 2.05. The molecule has 98 valence electrons. The number of para-hydroxylation sites is 1. The molecule has 0 saturated heterocycles. The molecule has 4 aromatic rings. The molecule has 0 aliphatic carbocycles. The lowest BCUT2D eigenvalue weighted by molar-refractivity contribution is 0.617. The maximum absolute atomic E-state index is 13.3. The number of aromatic nitrogens is 2. The van der Waals surface area contributed by atoms with Gasteiger partial charge in [-0.2, -0.15) is 0 Å². The van der Waals surface area contributed by atoms with Crippen LogP contribution in [0.3, 0.4) is 0 Å². The number of benzene rings is 1. The number of hydrogen-bond donors (Lipinski definition) is 1. The fourth-order valence-electron chi connectivity index (χ4n) is 2.40. The number of rotatable bonds is 1. The number of fused-ring (bicyclic) bond motifs is 2. The van der Waals surface area contributed by atoms with E-state index in [9.17, 15) is 4.39 Å². The lowest BCUT2D eigenvalue weighted by atomic mass is 10.1. The van der Waals surface area contributed by atoms with Gasteiger partial charge < -0.3 is 10.2 Å². The molecule has 0 aliphatic rings. The van der Waals surface area contributed by atoms with Crippen LogP contribution in [-0.2, 0) is 0 Å². The summed E-state index contributed by atoms with van der Waals surface area (Å²) in [6, 6.07) is 10.6. The van der Waals surface area contributed by atoms with Gasteiger partial charge in [0.15, 0.2) is 0 Å². The van der Waals surface area contributed by atoms with Crippen LogP contribution in [-0.4, -0.2) is 9.38 Å². The number of nitrogen functional groups attached to an aromatic ring is 1. The number of hydrogen-bond acceptors (Lipinski definition) is 3. The molecule has 0 amide bonds. The molecule has 3 aromatic heterocycles. The van der Waals surface area contributed by atoms with Gasteiger partial charge in [-0.05, 0) is 18.2 Å². The number of furan rings is 1. The zero-order valence-electron chi connectivity index (χ0n) is 10.4. The van der Waals surface area contributed by atoms with Crippen molar-refractivity contribution in [3.8, 4) is 11.3 Å². The first-order chi connectivity index (χ1) is 9.74. The molecule has 20 heavy (non-hydrogen) atoms. The molecule has 5 heteroatoms. The molecule has 0 saturated carbocycles. The van der Waals surface area contributed by atoms with Crippen molar-refractivity contribution in [3.05, 3.63) is 54.7 Å². The Kier molecular flexibility index (Phi) is 2.12. The molecule has 0 unspecified atom stereocenters. The van der Waals surface area contributed by atoms with Gasteiger partial charge in [0.05, 0.1) is 5.56 Å². The molecular weight excluding hydrogens is 257 g/mol. The highest BCUT2D eigenvalue weighted by Gasteiger charge is 2.16. The summed E-state index contributed by atoms with van der Waals surface area (Å²) in [6.07, 6.45) is 2.95. The van der Waals surface area contributed by atoms with Gasteiger partial charge in [-0.25, -0.2) is 9.37 Å². The standard InChI is InChI=1S/C15H10FN3O/c16-9-5-6-13-18-14(15(17)19(13)7-9)11-8-20-12-4-2-1-3-10(11)12/h1-8H,17H2. The van der Waals surface area contributed by atoms with Gasteiger partial charge in [0.2, 0.25) is 0 Å². The van der Waals surface area contributed by atoms with E-state index in [0.717, 1.165) is 16.5 Å². The van der Waals surface area contributed by atoms with Crippen molar-refractivity contribution in [1.82, 2.24) is 9.38 Å². The highest BCUT2D eigenvalue weighted by Crippen LogP contribution is 2.33. The second kappa shape index (κ2) is 3.84. The molecule has 2 N–H and O–H groups in total. The molecular formula is C15H10FN3O. The van der Waals surface area contributed by atoms with E-state index in [-0.39, 0.29) is 5.82 Å². The first-order valence-corrected chi connectivity index (χ1v) is 6.14. The van der Waals surface area contributed by atoms with Crippen LogP contribution >= 0.6 is 0 Å². The summed E-state index contributed by atoms with van der Waals surface area (Å²) >= 11 is 0. The van der Waals surface area contributed by atoms with Crippen molar-refractivity contribution in [2.24, 2.45) is 0 Å². The highest BCUT2D eigenvalue weighted by atomic mass is 19.1. The number of nitrogens with zero attached hydrogens (tertiary/aromatic N) is 2. The van der Waals surface area contributed by atoms with E-state index >= 15 is 0 Å². The predicted molar refractivity (Wildman–Crippen MR) is 74.8 cm³/mol. The van der Waals surface area contributed by atoms with Crippen LogP contribution in [0, 0.1) is 5.82 Å². The Hall–Kier alpha value is -2.82. The van der Waals surface area contributed by atoms with Gasteiger partial charge in [0.1, 0.15) is 34.8 Å². The molecule has 0 aliphatic heterocycles. The van der Waals surface area contributed by atoms with Crippen molar-refractivity contribution in [2.75, 3.05) is 5.73 Å². The molecule has 0 bridgehead atoms. The molecule has 0 fully saturated rings.